The molecule has 0 atom stereocenters. The molecule has 0 bridgehead atoms. The number of nitrogens with one attached hydrogen (secondary N) is 2. The molecule has 0 aliphatic heterocycles. The van der Waals surface area contributed by atoms with E-state index in [1.807, 2.05) is 19.2 Å². The molecule has 0 aliphatic carbocycles. The number of nitrogens with zero attached hydrogens (tertiary/aromatic N) is 2. The number of H-pyrrole nitrogens is 1. The van der Waals surface area contributed by atoms with Crippen molar-refractivity contribution in [1.29, 1.82) is 0 Å². The summed E-state index contributed by atoms with van der Waals surface area (Å²) >= 11 is 0. The van der Waals surface area contributed by atoms with Gasteiger partial charge in [0, 0.05) is 18.8 Å². The molecule has 0 radical (unpaired) electrons. The fraction of sp³-hybridized carbons (Fsp3) is 0.500. The summed E-state index contributed by atoms with van der Waals surface area (Å²) in [5.74, 6) is 1.56. The predicted octanol–water partition coefficient (Wildman–Crippen LogP) is 2.31. The van der Waals surface area contributed by atoms with Crippen LogP contribution >= 0.6 is 0 Å². The van der Waals surface area contributed by atoms with Gasteiger partial charge in [0.05, 0.1) is 5.39 Å². The molecule has 2 heterocycles. The molecule has 17 heavy (non-hydrogen) atoms. The Morgan fingerprint density at radius 3 is 2.94 bits per heavy atom. The third-order valence-corrected chi connectivity index (χ3v) is 2.32. The van der Waals surface area contributed by atoms with E-state index in [9.17, 15) is 0 Å². The smallest absolute Gasteiger partial charge is 0.158 e. The van der Waals surface area contributed by atoms with Crippen molar-refractivity contribution in [3.8, 4) is 0 Å². The van der Waals surface area contributed by atoms with Crippen LogP contribution in [0.1, 0.15) is 26.6 Å². The molecule has 92 valence electrons. The number of fused-ring (bicyclic) bond motifs is 1. The van der Waals surface area contributed by atoms with Gasteiger partial charge >= 0.3 is 0 Å². The second-order valence-corrected chi connectivity index (χ2v) is 4.16. The second kappa shape index (κ2) is 5.14. The molecule has 0 unspecified atom stereocenters. The van der Waals surface area contributed by atoms with Gasteiger partial charge in [0.25, 0.3) is 0 Å². The number of hydrogen-bond donors (Lipinski definition) is 2. The summed E-state index contributed by atoms with van der Waals surface area (Å²) in [6.07, 6.45) is 1.87. The summed E-state index contributed by atoms with van der Waals surface area (Å²) in [7, 11) is 0. The highest BCUT2D eigenvalue weighted by Crippen LogP contribution is 2.20. The van der Waals surface area contributed by atoms with Crippen molar-refractivity contribution >= 4 is 16.9 Å². The molecule has 0 amide bonds. The van der Waals surface area contributed by atoms with Gasteiger partial charge in [-0.3, -0.25) is 0 Å². The minimum Gasteiger partial charge on any atom is -0.374 e. The van der Waals surface area contributed by atoms with E-state index < -0.39 is 0 Å². The number of hydrogen-bond acceptors (Lipinski definition) is 4. The Kier molecular flexibility index (Phi) is 3.58. The molecule has 0 saturated carbocycles. The highest BCUT2D eigenvalue weighted by Gasteiger charge is 2.09. The fourth-order valence-corrected chi connectivity index (χ4v) is 1.63. The molecule has 0 aromatic carbocycles. The van der Waals surface area contributed by atoms with Crippen molar-refractivity contribution in [2.24, 2.45) is 0 Å². The molecule has 0 aliphatic rings. The van der Waals surface area contributed by atoms with Gasteiger partial charge in [-0.1, -0.05) is 0 Å². The standard InChI is InChI=1S/C12H18N4O/c1-4-17-7-10-15-11-9(5-6-13-11)12(16-10)14-8(2)3/h5-6,8H,4,7H2,1-3H3,(H2,13,14,15,16). The van der Waals surface area contributed by atoms with Crippen LogP contribution in [0.2, 0.25) is 0 Å². The SMILES string of the molecule is CCOCc1nc(NC(C)C)c2cc[nH]c2n1. The number of anilines is 1. The van der Waals surface area contributed by atoms with Crippen LogP contribution in [-0.4, -0.2) is 27.6 Å². The van der Waals surface area contributed by atoms with Gasteiger partial charge in [-0.2, -0.15) is 0 Å². The van der Waals surface area contributed by atoms with E-state index >= 15 is 0 Å². The highest BCUT2D eigenvalue weighted by molar-refractivity contribution is 5.87. The van der Waals surface area contributed by atoms with Crippen molar-refractivity contribution in [1.82, 2.24) is 15.0 Å². The maximum atomic E-state index is 5.34. The topological polar surface area (TPSA) is 62.8 Å². The first-order valence-corrected chi connectivity index (χ1v) is 5.89. The monoisotopic (exact) mass is 234 g/mol. The van der Waals surface area contributed by atoms with Crippen LogP contribution < -0.4 is 5.32 Å². The third kappa shape index (κ3) is 2.74. The molecule has 0 saturated heterocycles. The Hall–Kier alpha value is -1.62. The van der Waals surface area contributed by atoms with Gasteiger partial charge < -0.3 is 15.0 Å². The first-order chi connectivity index (χ1) is 8.20. The minimum absolute atomic E-state index is 0.336. The van der Waals surface area contributed by atoms with Crippen LogP contribution in [0.4, 0.5) is 5.82 Å². The van der Waals surface area contributed by atoms with E-state index in [1.165, 1.54) is 0 Å². The number of rotatable bonds is 5. The lowest BCUT2D eigenvalue weighted by Crippen LogP contribution is -2.13. The first-order valence-electron chi connectivity index (χ1n) is 5.89. The Labute approximate surface area is 101 Å². The van der Waals surface area contributed by atoms with Crippen LogP contribution in [0.5, 0.6) is 0 Å². The lowest BCUT2D eigenvalue weighted by atomic mass is 10.3. The largest absolute Gasteiger partial charge is 0.374 e. The minimum atomic E-state index is 0.336. The first kappa shape index (κ1) is 11.9. The Bertz CT molecular complexity index is 492. The average molecular weight is 234 g/mol. The van der Waals surface area contributed by atoms with Gasteiger partial charge in [0.1, 0.15) is 18.1 Å². The summed E-state index contributed by atoms with van der Waals surface area (Å²) in [6.45, 7) is 7.24. The molecule has 2 aromatic rings. The normalized spacial score (nSPS) is 11.3. The lowest BCUT2D eigenvalue weighted by molar-refractivity contribution is 0.128. The number of aromatic amines is 1. The molecule has 5 heteroatoms. The Morgan fingerprint density at radius 1 is 1.41 bits per heavy atom. The van der Waals surface area contributed by atoms with Crippen LogP contribution in [0.3, 0.4) is 0 Å². The third-order valence-electron chi connectivity index (χ3n) is 2.32. The molecular weight excluding hydrogens is 216 g/mol. The van der Waals surface area contributed by atoms with Crippen molar-refractivity contribution in [3.05, 3.63) is 18.1 Å². The zero-order valence-corrected chi connectivity index (χ0v) is 10.4. The van der Waals surface area contributed by atoms with E-state index in [1.54, 1.807) is 0 Å². The summed E-state index contributed by atoms with van der Waals surface area (Å²) < 4.78 is 5.34. The van der Waals surface area contributed by atoms with Crippen LogP contribution in [0, 0.1) is 0 Å². The number of aromatic nitrogens is 3. The van der Waals surface area contributed by atoms with E-state index in [0.29, 0.717) is 25.1 Å². The average Bonchev–Trinajstić information content (AvgIpc) is 2.73. The summed E-state index contributed by atoms with van der Waals surface area (Å²) in [4.78, 5) is 12.0. The van der Waals surface area contributed by atoms with Gasteiger partial charge in [0.2, 0.25) is 0 Å². The Balaban J connectivity index is 2.36. The maximum absolute atomic E-state index is 5.34. The van der Waals surface area contributed by atoms with Gasteiger partial charge in [-0.05, 0) is 26.8 Å². The molecule has 0 spiro atoms. The quantitative estimate of drug-likeness (QED) is 0.833. The summed E-state index contributed by atoms with van der Waals surface area (Å²) in [6, 6.07) is 2.31. The summed E-state index contributed by atoms with van der Waals surface area (Å²) in [5.41, 5.74) is 0.845. The van der Waals surface area contributed by atoms with E-state index in [2.05, 4.69) is 34.1 Å². The van der Waals surface area contributed by atoms with Crippen molar-refractivity contribution in [3.63, 3.8) is 0 Å². The zero-order valence-electron chi connectivity index (χ0n) is 10.4. The van der Waals surface area contributed by atoms with Gasteiger partial charge in [0.15, 0.2) is 5.82 Å². The van der Waals surface area contributed by atoms with E-state index in [0.717, 1.165) is 16.9 Å². The molecule has 2 aromatic heterocycles. The summed E-state index contributed by atoms with van der Waals surface area (Å²) in [5, 5.41) is 4.34. The van der Waals surface area contributed by atoms with E-state index in [-0.39, 0.29) is 0 Å². The molecule has 2 rings (SSSR count). The van der Waals surface area contributed by atoms with Crippen molar-refractivity contribution < 1.29 is 4.74 Å². The van der Waals surface area contributed by atoms with Gasteiger partial charge in [-0.15, -0.1) is 0 Å². The molecular formula is C12H18N4O. The van der Waals surface area contributed by atoms with Crippen LogP contribution in [-0.2, 0) is 11.3 Å². The molecule has 2 N–H and O–H groups in total. The number of ether oxygens (including phenoxy) is 1. The predicted molar refractivity (Wildman–Crippen MR) is 68.0 cm³/mol. The second-order valence-electron chi connectivity index (χ2n) is 4.16. The van der Waals surface area contributed by atoms with Crippen molar-refractivity contribution in [2.75, 3.05) is 11.9 Å². The van der Waals surface area contributed by atoms with E-state index in [4.69, 9.17) is 4.74 Å². The molecule has 5 nitrogen and oxygen atoms in total. The maximum Gasteiger partial charge on any atom is 0.158 e. The van der Waals surface area contributed by atoms with Crippen LogP contribution in [0.15, 0.2) is 12.3 Å². The lowest BCUT2D eigenvalue weighted by Gasteiger charge is -2.11. The van der Waals surface area contributed by atoms with Gasteiger partial charge in [-0.25, -0.2) is 9.97 Å². The highest BCUT2D eigenvalue weighted by atomic mass is 16.5. The molecule has 0 fully saturated rings. The Morgan fingerprint density at radius 2 is 2.24 bits per heavy atom. The fourth-order valence-electron chi connectivity index (χ4n) is 1.63. The van der Waals surface area contributed by atoms with Crippen LogP contribution in [0.25, 0.3) is 11.0 Å². The zero-order chi connectivity index (χ0) is 12.3. The van der Waals surface area contributed by atoms with Crippen molar-refractivity contribution in [2.45, 2.75) is 33.4 Å².